The van der Waals surface area contributed by atoms with E-state index in [0.717, 1.165) is 13.1 Å². The number of nitrogens with zero attached hydrogens (tertiary/aromatic N) is 3. The van der Waals surface area contributed by atoms with E-state index in [1.807, 2.05) is 0 Å². The number of hydrogen-bond acceptors (Lipinski definition) is 6. The maximum absolute atomic E-state index is 5.88. The molecule has 106 valence electrons. The molecular weight excluding hydrogens is 244 g/mol. The number of anilines is 1. The quantitative estimate of drug-likeness (QED) is 0.887. The Morgan fingerprint density at radius 1 is 1.37 bits per heavy atom. The van der Waals surface area contributed by atoms with Crippen LogP contribution in [0, 0.1) is 0 Å². The van der Waals surface area contributed by atoms with Gasteiger partial charge < -0.3 is 19.4 Å². The van der Waals surface area contributed by atoms with E-state index in [1.54, 1.807) is 0 Å². The molecule has 1 saturated heterocycles. The van der Waals surface area contributed by atoms with Gasteiger partial charge in [0.05, 0.1) is 24.8 Å². The fourth-order valence-electron chi connectivity index (χ4n) is 2.56. The molecule has 0 amide bonds. The van der Waals surface area contributed by atoms with E-state index in [1.165, 1.54) is 12.8 Å². The number of hydrogen-bond donors (Lipinski definition) is 1. The first-order chi connectivity index (χ1) is 9.02. The van der Waals surface area contributed by atoms with Crippen LogP contribution in [0.25, 0.3) is 0 Å². The molecule has 1 atom stereocenters. The molecule has 1 aliphatic carbocycles. The summed E-state index contributed by atoms with van der Waals surface area (Å²) in [5, 5.41) is 11.6. The Morgan fingerprint density at radius 3 is 2.84 bits per heavy atom. The van der Waals surface area contributed by atoms with Crippen LogP contribution < -0.4 is 10.2 Å². The first kappa shape index (κ1) is 12.9. The van der Waals surface area contributed by atoms with Crippen LogP contribution in [-0.4, -0.2) is 41.0 Å². The van der Waals surface area contributed by atoms with Gasteiger partial charge in [-0.25, -0.2) is 0 Å². The second-order valence-electron chi connectivity index (χ2n) is 6.20. The van der Waals surface area contributed by atoms with Crippen molar-refractivity contribution in [3.05, 3.63) is 5.89 Å². The largest absolute Gasteiger partial charge is 0.407 e. The van der Waals surface area contributed by atoms with E-state index in [-0.39, 0.29) is 11.7 Å². The molecule has 0 spiro atoms. The summed E-state index contributed by atoms with van der Waals surface area (Å²) >= 11 is 0. The Bertz CT molecular complexity index is 442. The molecule has 3 rings (SSSR count). The van der Waals surface area contributed by atoms with Crippen LogP contribution in [0.3, 0.4) is 0 Å². The maximum atomic E-state index is 5.88. The van der Waals surface area contributed by atoms with Gasteiger partial charge in [0.2, 0.25) is 5.89 Å². The minimum absolute atomic E-state index is 0.170. The summed E-state index contributed by atoms with van der Waals surface area (Å²) in [5.74, 6) is 0.666. The minimum atomic E-state index is -0.182. The third-order valence-corrected chi connectivity index (χ3v) is 3.42. The van der Waals surface area contributed by atoms with E-state index in [9.17, 15) is 0 Å². The fraction of sp³-hybridized carbons (Fsp3) is 0.846. The second kappa shape index (κ2) is 4.76. The van der Waals surface area contributed by atoms with Gasteiger partial charge in [-0.2, -0.15) is 0 Å². The summed E-state index contributed by atoms with van der Waals surface area (Å²) in [6, 6.07) is 1.26. The van der Waals surface area contributed by atoms with Crippen molar-refractivity contribution in [1.29, 1.82) is 0 Å². The van der Waals surface area contributed by atoms with E-state index in [2.05, 4.69) is 41.2 Å². The Balaban J connectivity index is 1.63. The summed E-state index contributed by atoms with van der Waals surface area (Å²) in [4.78, 5) is 2.11. The molecule has 2 aliphatic rings. The fourth-order valence-corrected chi connectivity index (χ4v) is 2.56. The highest BCUT2D eigenvalue weighted by molar-refractivity contribution is 5.26. The lowest BCUT2D eigenvalue weighted by atomic mass is 10.1. The third kappa shape index (κ3) is 3.25. The zero-order valence-corrected chi connectivity index (χ0v) is 11.8. The average molecular weight is 266 g/mol. The van der Waals surface area contributed by atoms with Gasteiger partial charge in [-0.1, -0.05) is 5.10 Å². The lowest BCUT2D eigenvalue weighted by Crippen LogP contribution is -2.52. The van der Waals surface area contributed by atoms with Crippen molar-refractivity contribution in [3.8, 4) is 0 Å². The zero-order chi connectivity index (χ0) is 13.5. The van der Waals surface area contributed by atoms with Gasteiger partial charge in [-0.3, -0.25) is 0 Å². The first-order valence-corrected chi connectivity index (χ1v) is 7.00. The smallest absolute Gasteiger partial charge is 0.318 e. The van der Waals surface area contributed by atoms with E-state index < -0.39 is 0 Å². The molecule has 2 fully saturated rings. The van der Waals surface area contributed by atoms with Crippen LogP contribution in [0.5, 0.6) is 0 Å². The average Bonchev–Trinajstić information content (AvgIpc) is 3.01. The Morgan fingerprint density at radius 2 is 2.16 bits per heavy atom. The predicted molar refractivity (Wildman–Crippen MR) is 71.0 cm³/mol. The van der Waals surface area contributed by atoms with Crippen molar-refractivity contribution in [2.45, 2.75) is 57.9 Å². The van der Waals surface area contributed by atoms with Gasteiger partial charge in [-0.15, -0.1) is 5.10 Å². The number of ether oxygens (including phenoxy) is 1. The van der Waals surface area contributed by atoms with Gasteiger partial charge in [0.25, 0.3) is 0 Å². The normalized spacial score (nSPS) is 26.7. The topological polar surface area (TPSA) is 63.4 Å². The van der Waals surface area contributed by atoms with Crippen LogP contribution in [0.4, 0.5) is 6.01 Å². The van der Waals surface area contributed by atoms with Gasteiger partial charge in [0.1, 0.15) is 0 Å². The van der Waals surface area contributed by atoms with Gasteiger partial charge in [0.15, 0.2) is 0 Å². The molecule has 0 radical (unpaired) electrons. The van der Waals surface area contributed by atoms with E-state index >= 15 is 0 Å². The van der Waals surface area contributed by atoms with Gasteiger partial charge >= 0.3 is 6.01 Å². The summed E-state index contributed by atoms with van der Waals surface area (Å²) < 4.78 is 11.6. The lowest BCUT2D eigenvalue weighted by molar-refractivity contribution is -0.0761. The van der Waals surface area contributed by atoms with Crippen molar-refractivity contribution in [1.82, 2.24) is 15.5 Å². The van der Waals surface area contributed by atoms with Crippen molar-refractivity contribution in [2.75, 3.05) is 18.0 Å². The van der Waals surface area contributed by atoms with Gasteiger partial charge in [0, 0.05) is 12.6 Å². The first-order valence-electron chi connectivity index (χ1n) is 7.00. The molecular formula is C13H22N4O2. The van der Waals surface area contributed by atoms with E-state index in [4.69, 9.17) is 9.15 Å². The lowest BCUT2D eigenvalue weighted by Gasteiger charge is -2.40. The molecule has 1 aromatic heterocycles. The SMILES string of the molecule is CC1CN(c2nnc(CNC3CC3)o2)CC(C)(C)O1. The highest BCUT2D eigenvalue weighted by atomic mass is 16.5. The molecule has 6 nitrogen and oxygen atoms in total. The summed E-state index contributed by atoms with van der Waals surface area (Å²) in [7, 11) is 0. The van der Waals surface area contributed by atoms with Crippen molar-refractivity contribution >= 4 is 6.01 Å². The standard InChI is InChI=1S/C13H22N4O2/c1-9-7-17(8-13(2,3)19-9)12-16-15-11(18-12)6-14-10-4-5-10/h9-10,14H,4-8H2,1-3H3. The maximum Gasteiger partial charge on any atom is 0.318 e. The third-order valence-electron chi connectivity index (χ3n) is 3.42. The Kier molecular flexibility index (Phi) is 3.22. The Hall–Kier alpha value is -1.14. The molecule has 1 N–H and O–H groups in total. The number of aromatic nitrogens is 2. The van der Waals surface area contributed by atoms with Crippen molar-refractivity contribution in [2.24, 2.45) is 0 Å². The molecule has 0 bridgehead atoms. The monoisotopic (exact) mass is 266 g/mol. The highest BCUT2D eigenvalue weighted by Gasteiger charge is 2.33. The molecule has 1 aliphatic heterocycles. The van der Waals surface area contributed by atoms with Crippen LogP contribution >= 0.6 is 0 Å². The molecule has 19 heavy (non-hydrogen) atoms. The van der Waals surface area contributed by atoms with Crippen LogP contribution in [0.15, 0.2) is 4.42 Å². The predicted octanol–water partition coefficient (Wildman–Crippen LogP) is 1.33. The van der Waals surface area contributed by atoms with E-state index in [0.29, 0.717) is 24.5 Å². The number of nitrogens with one attached hydrogen (secondary N) is 1. The zero-order valence-electron chi connectivity index (χ0n) is 11.8. The molecule has 1 unspecified atom stereocenters. The number of morpholine rings is 1. The molecule has 1 saturated carbocycles. The molecule has 2 heterocycles. The Labute approximate surface area is 113 Å². The van der Waals surface area contributed by atoms with Gasteiger partial charge in [-0.05, 0) is 33.6 Å². The molecule has 1 aromatic rings. The summed E-state index contributed by atoms with van der Waals surface area (Å²) in [5.41, 5.74) is -0.182. The second-order valence-corrected chi connectivity index (χ2v) is 6.20. The highest BCUT2D eigenvalue weighted by Crippen LogP contribution is 2.25. The summed E-state index contributed by atoms with van der Waals surface area (Å²) in [6.45, 7) is 8.47. The van der Waals surface area contributed by atoms with Crippen LogP contribution in [0.1, 0.15) is 39.5 Å². The summed E-state index contributed by atoms with van der Waals surface area (Å²) in [6.07, 6.45) is 2.69. The number of rotatable bonds is 4. The van der Waals surface area contributed by atoms with Crippen LogP contribution in [-0.2, 0) is 11.3 Å². The van der Waals surface area contributed by atoms with Crippen molar-refractivity contribution < 1.29 is 9.15 Å². The minimum Gasteiger partial charge on any atom is -0.407 e. The van der Waals surface area contributed by atoms with Crippen molar-refractivity contribution in [3.63, 3.8) is 0 Å². The molecule has 0 aromatic carbocycles. The van der Waals surface area contributed by atoms with Crippen LogP contribution in [0.2, 0.25) is 0 Å². The molecule has 6 heteroatoms.